The Labute approximate surface area is 97.3 Å². The molecule has 0 aromatic carbocycles. The zero-order valence-corrected chi connectivity index (χ0v) is 9.45. The van der Waals surface area contributed by atoms with Crippen molar-refractivity contribution in [1.82, 2.24) is 0 Å². The first-order valence-corrected chi connectivity index (χ1v) is 5.27. The molecule has 2 N–H and O–H groups in total. The standard InChI is InChI=1S/C10H14O7/c1-4(11)15-7-3-6-8(16-5(2)12)9(13)10(7,14)17-6/h6-9,13-14H,3H2,1-2H3. The van der Waals surface area contributed by atoms with Crippen molar-refractivity contribution in [3.05, 3.63) is 0 Å². The van der Waals surface area contributed by atoms with Gasteiger partial charge in [0.1, 0.15) is 6.10 Å². The quantitative estimate of drug-likeness (QED) is 0.584. The van der Waals surface area contributed by atoms with Gasteiger partial charge in [-0.15, -0.1) is 0 Å². The summed E-state index contributed by atoms with van der Waals surface area (Å²) in [4.78, 5) is 21.7. The molecule has 0 aromatic heterocycles. The number of ether oxygens (including phenoxy) is 3. The Bertz CT molecular complexity index is 341. The Morgan fingerprint density at radius 3 is 2.35 bits per heavy atom. The van der Waals surface area contributed by atoms with Crippen LogP contribution in [0.3, 0.4) is 0 Å². The third-order valence-corrected chi connectivity index (χ3v) is 2.96. The summed E-state index contributed by atoms with van der Waals surface area (Å²) in [7, 11) is 0. The average molecular weight is 246 g/mol. The first kappa shape index (κ1) is 12.3. The lowest BCUT2D eigenvalue weighted by Crippen LogP contribution is -2.56. The van der Waals surface area contributed by atoms with Crippen molar-refractivity contribution >= 4 is 11.9 Å². The van der Waals surface area contributed by atoms with Gasteiger partial charge in [-0.05, 0) is 0 Å². The monoisotopic (exact) mass is 246 g/mol. The van der Waals surface area contributed by atoms with Crippen molar-refractivity contribution in [2.75, 3.05) is 0 Å². The zero-order valence-electron chi connectivity index (χ0n) is 9.45. The normalized spacial score (nSPS) is 43.5. The van der Waals surface area contributed by atoms with Crippen molar-refractivity contribution < 1.29 is 34.0 Å². The second-order valence-corrected chi connectivity index (χ2v) is 4.26. The molecule has 96 valence electrons. The molecule has 2 bridgehead atoms. The number of fused-ring (bicyclic) bond motifs is 2. The van der Waals surface area contributed by atoms with Crippen LogP contribution in [0, 0.1) is 0 Å². The lowest BCUT2D eigenvalue weighted by atomic mass is 9.89. The van der Waals surface area contributed by atoms with Crippen molar-refractivity contribution in [3.8, 4) is 0 Å². The zero-order chi connectivity index (χ0) is 12.8. The van der Waals surface area contributed by atoms with Crippen LogP contribution in [0.5, 0.6) is 0 Å². The van der Waals surface area contributed by atoms with Crippen LogP contribution in [0.25, 0.3) is 0 Å². The van der Waals surface area contributed by atoms with Crippen LogP contribution in [-0.2, 0) is 23.8 Å². The van der Waals surface area contributed by atoms with Gasteiger partial charge < -0.3 is 24.4 Å². The van der Waals surface area contributed by atoms with Gasteiger partial charge in [0.2, 0.25) is 5.79 Å². The number of aliphatic hydroxyl groups excluding tert-OH is 1. The Morgan fingerprint density at radius 1 is 1.29 bits per heavy atom. The molecule has 7 nitrogen and oxygen atoms in total. The molecule has 2 aliphatic heterocycles. The fraction of sp³-hybridized carbons (Fsp3) is 0.800. The van der Waals surface area contributed by atoms with E-state index in [-0.39, 0.29) is 6.42 Å². The maximum atomic E-state index is 10.8. The molecule has 0 aliphatic carbocycles. The molecule has 0 spiro atoms. The second-order valence-electron chi connectivity index (χ2n) is 4.26. The topological polar surface area (TPSA) is 102 Å². The van der Waals surface area contributed by atoms with Crippen molar-refractivity contribution in [2.24, 2.45) is 0 Å². The van der Waals surface area contributed by atoms with Gasteiger partial charge in [-0.1, -0.05) is 0 Å². The number of carbonyl (C=O) groups is 2. The van der Waals surface area contributed by atoms with Crippen molar-refractivity contribution in [3.63, 3.8) is 0 Å². The minimum atomic E-state index is -1.99. The van der Waals surface area contributed by atoms with Gasteiger partial charge in [-0.2, -0.15) is 0 Å². The van der Waals surface area contributed by atoms with E-state index in [1.54, 1.807) is 0 Å². The van der Waals surface area contributed by atoms with E-state index >= 15 is 0 Å². The summed E-state index contributed by atoms with van der Waals surface area (Å²) in [5.41, 5.74) is 0. The Kier molecular flexibility index (Phi) is 2.84. The van der Waals surface area contributed by atoms with E-state index in [4.69, 9.17) is 14.2 Å². The SMILES string of the molecule is CC(=O)OC1C2CC(OC(C)=O)C(O)(O2)C1O. The highest BCUT2D eigenvalue weighted by molar-refractivity contribution is 5.67. The van der Waals surface area contributed by atoms with Gasteiger partial charge in [0.05, 0.1) is 0 Å². The number of esters is 2. The Hall–Kier alpha value is -1.18. The first-order valence-electron chi connectivity index (χ1n) is 5.27. The van der Waals surface area contributed by atoms with Gasteiger partial charge in [-0.25, -0.2) is 0 Å². The van der Waals surface area contributed by atoms with Gasteiger partial charge in [-0.3, -0.25) is 9.59 Å². The molecule has 2 rings (SSSR count). The predicted octanol–water partition coefficient (Wildman–Crippen LogP) is -1.30. The lowest BCUT2D eigenvalue weighted by molar-refractivity contribution is -0.250. The summed E-state index contributed by atoms with van der Waals surface area (Å²) in [5.74, 6) is -3.13. The Morgan fingerprint density at radius 2 is 1.88 bits per heavy atom. The van der Waals surface area contributed by atoms with Gasteiger partial charge >= 0.3 is 11.9 Å². The second kappa shape index (κ2) is 3.94. The third-order valence-electron chi connectivity index (χ3n) is 2.96. The predicted molar refractivity (Wildman–Crippen MR) is 51.6 cm³/mol. The fourth-order valence-electron chi connectivity index (χ4n) is 2.31. The van der Waals surface area contributed by atoms with Crippen LogP contribution in [0.4, 0.5) is 0 Å². The summed E-state index contributed by atoms with van der Waals surface area (Å²) in [6.45, 7) is 2.40. The molecule has 0 saturated carbocycles. The summed E-state index contributed by atoms with van der Waals surface area (Å²) >= 11 is 0. The number of carbonyl (C=O) groups excluding carboxylic acids is 2. The molecular weight excluding hydrogens is 232 g/mol. The van der Waals surface area contributed by atoms with Gasteiger partial charge in [0.15, 0.2) is 18.3 Å². The number of hydrogen-bond donors (Lipinski definition) is 2. The molecule has 5 unspecified atom stereocenters. The summed E-state index contributed by atoms with van der Waals surface area (Å²) in [5, 5.41) is 19.9. The molecule has 2 aliphatic rings. The van der Waals surface area contributed by atoms with Crippen molar-refractivity contribution in [2.45, 2.75) is 50.5 Å². The van der Waals surface area contributed by atoms with E-state index in [2.05, 4.69) is 0 Å². The molecule has 2 saturated heterocycles. The minimum Gasteiger partial charge on any atom is -0.457 e. The molecule has 0 radical (unpaired) electrons. The van der Waals surface area contributed by atoms with Crippen molar-refractivity contribution in [1.29, 1.82) is 0 Å². The first-order chi connectivity index (χ1) is 7.84. The fourth-order valence-corrected chi connectivity index (χ4v) is 2.31. The van der Waals surface area contributed by atoms with Crippen LogP contribution in [0.1, 0.15) is 20.3 Å². The van der Waals surface area contributed by atoms with E-state index in [0.29, 0.717) is 0 Å². The van der Waals surface area contributed by atoms with Gasteiger partial charge in [0, 0.05) is 20.3 Å². The molecule has 0 amide bonds. The van der Waals surface area contributed by atoms with Crippen LogP contribution < -0.4 is 0 Å². The highest BCUT2D eigenvalue weighted by Gasteiger charge is 2.67. The van der Waals surface area contributed by atoms with E-state index in [1.165, 1.54) is 13.8 Å². The highest BCUT2D eigenvalue weighted by Crippen LogP contribution is 2.45. The van der Waals surface area contributed by atoms with Gasteiger partial charge in [0.25, 0.3) is 0 Å². The summed E-state index contributed by atoms with van der Waals surface area (Å²) in [6.07, 6.45) is -3.76. The molecule has 7 heteroatoms. The van der Waals surface area contributed by atoms with E-state index in [1.807, 2.05) is 0 Å². The highest BCUT2D eigenvalue weighted by atomic mass is 16.7. The molecule has 2 heterocycles. The summed E-state index contributed by atoms with van der Waals surface area (Å²) in [6, 6.07) is 0. The largest absolute Gasteiger partial charge is 0.457 e. The number of hydrogen-bond acceptors (Lipinski definition) is 7. The van der Waals surface area contributed by atoms with Crippen LogP contribution in [0.15, 0.2) is 0 Å². The van der Waals surface area contributed by atoms with Crippen LogP contribution in [0.2, 0.25) is 0 Å². The third kappa shape index (κ3) is 1.90. The molecule has 5 atom stereocenters. The minimum absolute atomic E-state index is 0.186. The van der Waals surface area contributed by atoms with Crippen LogP contribution in [-0.4, -0.2) is 52.4 Å². The average Bonchev–Trinajstić information content (AvgIpc) is 2.60. The molecule has 2 fully saturated rings. The summed E-state index contributed by atoms with van der Waals surface area (Å²) < 4.78 is 14.9. The van der Waals surface area contributed by atoms with Crippen LogP contribution >= 0.6 is 0 Å². The lowest BCUT2D eigenvalue weighted by Gasteiger charge is -2.33. The number of rotatable bonds is 2. The smallest absolute Gasteiger partial charge is 0.303 e. The number of aliphatic hydroxyl groups is 2. The van der Waals surface area contributed by atoms with E-state index in [0.717, 1.165) is 0 Å². The molecule has 0 aromatic rings. The Balaban J connectivity index is 2.11. The maximum Gasteiger partial charge on any atom is 0.303 e. The van der Waals surface area contributed by atoms with E-state index in [9.17, 15) is 19.8 Å². The molecule has 17 heavy (non-hydrogen) atoms. The maximum absolute atomic E-state index is 10.8. The van der Waals surface area contributed by atoms with E-state index < -0.39 is 42.1 Å². The molecular formula is C10H14O7.